The van der Waals surface area contributed by atoms with E-state index in [0.29, 0.717) is 19.6 Å². The van der Waals surface area contributed by atoms with E-state index >= 15 is 0 Å². The fourth-order valence-electron chi connectivity index (χ4n) is 3.65. The molecular weight excluding hydrogens is 326 g/mol. The summed E-state index contributed by atoms with van der Waals surface area (Å²) in [6, 6.07) is 4.55. The molecule has 1 N–H and O–H groups in total. The summed E-state index contributed by atoms with van der Waals surface area (Å²) < 4.78 is 0. The summed E-state index contributed by atoms with van der Waals surface area (Å²) in [6.45, 7) is 8.76. The molecular formula is C17H25N3O3S. The Morgan fingerprint density at radius 2 is 2.00 bits per heavy atom. The molecule has 2 atom stereocenters. The van der Waals surface area contributed by atoms with Gasteiger partial charge in [0.05, 0.1) is 5.92 Å². The highest BCUT2D eigenvalue weighted by Gasteiger charge is 2.37. The number of carboxylic acid groups (broad SMARTS) is 1. The predicted molar refractivity (Wildman–Crippen MR) is 93.1 cm³/mol. The van der Waals surface area contributed by atoms with Crippen molar-refractivity contribution in [2.45, 2.75) is 26.4 Å². The van der Waals surface area contributed by atoms with Crippen LogP contribution in [0.2, 0.25) is 0 Å². The van der Waals surface area contributed by atoms with Crippen LogP contribution in [0, 0.1) is 12.8 Å². The van der Waals surface area contributed by atoms with E-state index in [0.717, 1.165) is 26.2 Å². The first-order chi connectivity index (χ1) is 11.4. The Balaban J connectivity index is 1.69. The van der Waals surface area contributed by atoms with Crippen molar-refractivity contribution in [3.05, 3.63) is 21.9 Å². The second-order valence-electron chi connectivity index (χ2n) is 6.86. The molecule has 2 fully saturated rings. The molecule has 1 aromatic rings. The van der Waals surface area contributed by atoms with Crippen LogP contribution < -0.4 is 0 Å². The van der Waals surface area contributed by atoms with Crippen LogP contribution in [0.15, 0.2) is 12.1 Å². The third-order valence-electron chi connectivity index (χ3n) is 4.99. The van der Waals surface area contributed by atoms with Gasteiger partial charge in [0.2, 0.25) is 5.91 Å². The first-order valence-corrected chi connectivity index (χ1v) is 9.24. The molecule has 0 unspecified atom stereocenters. The Morgan fingerprint density at radius 3 is 2.62 bits per heavy atom. The van der Waals surface area contributed by atoms with Crippen molar-refractivity contribution in [2.75, 3.05) is 39.3 Å². The summed E-state index contributed by atoms with van der Waals surface area (Å²) in [5.74, 6) is -1.34. The Hall–Kier alpha value is -1.44. The molecule has 6 nitrogen and oxygen atoms in total. The van der Waals surface area contributed by atoms with Gasteiger partial charge in [-0.15, -0.1) is 11.3 Å². The van der Waals surface area contributed by atoms with Gasteiger partial charge in [-0.1, -0.05) is 0 Å². The second kappa shape index (κ2) is 7.21. The zero-order valence-electron chi connectivity index (χ0n) is 14.3. The van der Waals surface area contributed by atoms with E-state index in [4.69, 9.17) is 0 Å². The maximum atomic E-state index is 11.9. The third-order valence-corrected chi connectivity index (χ3v) is 5.97. The lowest BCUT2D eigenvalue weighted by Gasteiger charge is -2.41. The molecule has 3 rings (SSSR count). The van der Waals surface area contributed by atoms with Crippen LogP contribution in [0.5, 0.6) is 0 Å². The topological polar surface area (TPSA) is 64.1 Å². The van der Waals surface area contributed by atoms with Crippen LogP contribution in [-0.2, 0) is 16.1 Å². The van der Waals surface area contributed by atoms with E-state index in [1.54, 1.807) is 4.90 Å². The molecule has 0 radical (unpaired) electrons. The number of carboxylic acids is 1. The molecule has 0 aromatic carbocycles. The average molecular weight is 351 g/mol. The van der Waals surface area contributed by atoms with Gasteiger partial charge in [0.1, 0.15) is 0 Å². The van der Waals surface area contributed by atoms with Crippen molar-refractivity contribution >= 4 is 23.2 Å². The Bertz CT molecular complexity index is 618. The molecule has 3 heterocycles. The van der Waals surface area contributed by atoms with Gasteiger partial charge in [0.25, 0.3) is 0 Å². The van der Waals surface area contributed by atoms with Crippen LogP contribution >= 0.6 is 11.3 Å². The second-order valence-corrected chi connectivity index (χ2v) is 8.23. The first kappa shape index (κ1) is 17.4. The van der Waals surface area contributed by atoms with Crippen LogP contribution in [0.3, 0.4) is 0 Å². The average Bonchev–Trinajstić information content (AvgIpc) is 2.82. The Morgan fingerprint density at radius 1 is 1.21 bits per heavy atom. The molecule has 24 heavy (non-hydrogen) atoms. The zero-order chi connectivity index (χ0) is 17.3. The lowest BCUT2D eigenvalue weighted by molar-refractivity contribution is -0.143. The summed E-state index contributed by atoms with van der Waals surface area (Å²) >= 11 is 1.83. The standard InChI is InChI=1S/C17H25N3O3S/c1-12-3-4-16(24-12)11-18-5-6-19-7-14(17(22)23)8-20(13(2)21)10-15(19)9-18/h3-4,14-15H,5-11H2,1-2H3,(H,22,23)/t14-,15+/m0/s1. The summed E-state index contributed by atoms with van der Waals surface area (Å²) in [4.78, 5) is 32.4. The van der Waals surface area contributed by atoms with E-state index in [9.17, 15) is 14.7 Å². The fraction of sp³-hybridized carbons (Fsp3) is 0.647. The smallest absolute Gasteiger partial charge is 0.309 e. The number of thiophene rings is 1. The van der Waals surface area contributed by atoms with Crippen LogP contribution in [0.25, 0.3) is 0 Å². The molecule has 0 spiro atoms. The van der Waals surface area contributed by atoms with Gasteiger partial charge in [-0.05, 0) is 19.1 Å². The maximum Gasteiger partial charge on any atom is 0.309 e. The number of rotatable bonds is 3. The number of carbonyl (C=O) groups excluding carboxylic acids is 1. The zero-order valence-corrected chi connectivity index (χ0v) is 15.1. The molecule has 2 saturated heterocycles. The maximum absolute atomic E-state index is 11.9. The van der Waals surface area contributed by atoms with Crippen LogP contribution in [0.4, 0.5) is 0 Å². The minimum atomic E-state index is -0.807. The quantitative estimate of drug-likeness (QED) is 0.884. The lowest BCUT2D eigenvalue weighted by atomic mass is 10.1. The van der Waals surface area contributed by atoms with Crippen LogP contribution in [-0.4, -0.2) is 77.0 Å². The van der Waals surface area contributed by atoms with Crippen molar-refractivity contribution in [1.29, 1.82) is 0 Å². The van der Waals surface area contributed by atoms with E-state index in [1.165, 1.54) is 16.7 Å². The largest absolute Gasteiger partial charge is 0.481 e. The van der Waals surface area contributed by atoms with E-state index in [2.05, 4.69) is 28.9 Å². The third kappa shape index (κ3) is 3.96. The molecule has 1 amide bonds. The number of hydrogen-bond donors (Lipinski definition) is 1. The highest BCUT2D eigenvalue weighted by molar-refractivity contribution is 7.11. The minimum Gasteiger partial charge on any atom is -0.481 e. The van der Waals surface area contributed by atoms with Gasteiger partial charge in [-0.25, -0.2) is 0 Å². The number of hydrogen-bond acceptors (Lipinski definition) is 5. The molecule has 2 aliphatic heterocycles. The number of fused-ring (bicyclic) bond motifs is 1. The van der Waals surface area contributed by atoms with Crippen LogP contribution in [0.1, 0.15) is 16.7 Å². The number of nitrogens with zero attached hydrogens (tertiary/aromatic N) is 3. The van der Waals surface area contributed by atoms with Crippen molar-refractivity contribution in [3.63, 3.8) is 0 Å². The van der Waals surface area contributed by atoms with Gasteiger partial charge in [-0.3, -0.25) is 19.4 Å². The number of aryl methyl sites for hydroxylation is 1. The molecule has 2 aliphatic rings. The summed E-state index contributed by atoms with van der Waals surface area (Å²) in [7, 11) is 0. The monoisotopic (exact) mass is 351 g/mol. The highest BCUT2D eigenvalue weighted by Crippen LogP contribution is 2.22. The predicted octanol–water partition coefficient (Wildman–Crippen LogP) is 1.11. The number of aliphatic carboxylic acids is 1. The van der Waals surface area contributed by atoms with Crippen molar-refractivity contribution < 1.29 is 14.7 Å². The highest BCUT2D eigenvalue weighted by atomic mass is 32.1. The Labute approximate surface area is 146 Å². The van der Waals surface area contributed by atoms with Gasteiger partial charge in [0, 0.05) is 68.5 Å². The van der Waals surface area contributed by atoms with Crippen molar-refractivity contribution in [1.82, 2.24) is 14.7 Å². The summed E-state index contributed by atoms with van der Waals surface area (Å²) in [5.41, 5.74) is 0. The van der Waals surface area contributed by atoms with Gasteiger partial charge < -0.3 is 10.0 Å². The van der Waals surface area contributed by atoms with Gasteiger partial charge in [0.15, 0.2) is 0 Å². The van der Waals surface area contributed by atoms with Crippen molar-refractivity contribution in [2.24, 2.45) is 5.92 Å². The van der Waals surface area contributed by atoms with E-state index in [-0.39, 0.29) is 11.9 Å². The molecule has 7 heteroatoms. The molecule has 0 bridgehead atoms. The molecule has 0 aliphatic carbocycles. The van der Waals surface area contributed by atoms with Gasteiger partial charge >= 0.3 is 5.97 Å². The van der Waals surface area contributed by atoms with Gasteiger partial charge in [-0.2, -0.15) is 0 Å². The van der Waals surface area contributed by atoms with E-state index < -0.39 is 11.9 Å². The molecule has 132 valence electrons. The number of amides is 1. The molecule has 1 aromatic heterocycles. The van der Waals surface area contributed by atoms with E-state index in [1.807, 2.05) is 11.3 Å². The number of carbonyl (C=O) groups is 2. The Kier molecular flexibility index (Phi) is 5.22. The number of piperazine rings is 1. The minimum absolute atomic E-state index is 0.0332. The SMILES string of the molecule is CC(=O)N1C[C@@H](C(=O)O)CN2CCN(Cc3ccc(C)s3)C[C@@H]2C1. The lowest BCUT2D eigenvalue weighted by Crippen LogP contribution is -2.55. The summed E-state index contributed by atoms with van der Waals surface area (Å²) in [5, 5.41) is 9.43. The normalized spacial score (nSPS) is 26.0. The summed E-state index contributed by atoms with van der Waals surface area (Å²) in [6.07, 6.45) is 0. The first-order valence-electron chi connectivity index (χ1n) is 8.42. The fourth-order valence-corrected chi connectivity index (χ4v) is 4.59. The van der Waals surface area contributed by atoms with Crippen molar-refractivity contribution in [3.8, 4) is 0 Å². The molecule has 0 saturated carbocycles.